The first-order valence-electron chi connectivity index (χ1n) is 8.86. The highest BCUT2D eigenvalue weighted by atomic mass is 35.5. The van der Waals surface area contributed by atoms with Crippen LogP contribution >= 0.6 is 12.4 Å². The predicted molar refractivity (Wildman–Crippen MR) is 112 cm³/mol. The van der Waals surface area contributed by atoms with Crippen LogP contribution in [0.3, 0.4) is 0 Å². The monoisotopic (exact) mass is 431 g/mol. The minimum Gasteiger partial charge on any atom is -0.488 e. The summed E-state index contributed by atoms with van der Waals surface area (Å²) in [7, 11) is 0. The van der Waals surface area contributed by atoms with Crippen molar-refractivity contribution in [2.45, 2.75) is 12.8 Å². The Morgan fingerprint density at radius 2 is 1.63 bits per heavy atom. The molecule has 0 bridgehead atoms. The second-order valence-electron chi connectivity index (χ2n) is 6.36. The number of anilines is 2. The van der Waals surface area contributed by atoms with E-state index in [-0.39, 0.29) is 36.4 Å². The molecular weight excluding hydrogens is 415 g/mol. The lowest BCUT2D eigenvalue weighted by Crippen LogP contribution is -2.10. The smallest absolute Gasteiger partial charge is 0.420 e. The standard InChI is InChI=1S/C22H16F3N3O.ClH/c23-22(24,25)18-12-17(10-11-20(18)29-14-15-6-2-1-3-7-15)27-21-26-13-16-8-4-5-9-19(16)28-21;/h1-13H,14H2,(H,26,27,28);1H. The zero-order valence-corrected chi connectivity index (χ0v) is 16.4. The first kappa shape index (κ1) is 21.4. The summed E-state index contributed by atoms with van der Waals surface area (Å²) >= 11 is 0. The Labute approximate surface area is 177 Å². The van der Waals surface area contributed by atoms with E-state index >= 15 is 0 Å². The van der Waals surface area contributed by atoms with Gasteiger partial charge in [0.05, 0.1) is 11.1 Å². The zero-order chi connectivity index (χ0) is 20.3. The average molecular weight is 432 g/mol. The molecule has 8 heteroatoms. The lowest BCUT2D eigenvalue weighted by Gasteiger charge is -2.16. The molecule has 0 fully saturated rings. The van der Waals surface area contributed by atoms with E-state index in [4.69, 9.17) is 4.74 Å². The van der Waals surface area contributed by atoms with Gasteiger partial charge in [0.1, 0.15) is 12.4 Å². The Bertz CT molecular complexity index is 1140. The van der Waals surface area contributed by atoms with Gasteiger partial charge >= 0.3 is 6.18 Å². The van der Waals surface area contributed by atoms with Crippen molar-refractivity contribution in [3.8, 4) is 5.75 Å². The van der Waals surface area contributed by atoms with Crippen LogP contribution in [0.2, 0.25) is 0 Å². The highest BCUT2D eigenvalue weighted by Gasteiger charge is 2.34. The second-order valence-corrected chi connectivity index (χ2v) is 6.36. The number of nitrogens with zero attached hydrogens (tertiary/aromatic N) is 2. The zero-order valence-electron chi connectivity index (χ0n) is 15.6. The minimum absolute atomic E-state index is 0. The lowest BCUT2D eigenvalue weighted by atomic mass is 10.1. The van der Waals surface area contributed by atoms with Crippen LogP contribution in [0.25, 0.3) is 10.9 Å². The summed E-state index contributed by atoms with van der Waals surface area (Å²) in [5.74, 6) is -0.0129. The fraction of sp³-hybridized carbons (Fsp3) is 0.0909. The van der Waals surface area contributed by atoms with E-state index in [0.29, 0.717) is 5.52 Å². The molecule has 0 amide bonds. The number of halogens is 4. The highest BCUT2D eigenvalue weighted by molar-refractivity contribution is 5.85. The van der Waals surface area contributed by atoms with E-state index in [2.05, 4.69) is 15.3 Å². The van der Waals surface area contributed by atoms with Crippen molar-refractivity contribution in [2.24, 2.45) is 0 Å². The molecule has 30 heavy (non-hydrogen) atoms. The van der Waals surface area contributed by atoms with E-state index < -0.39 is 11.7 Å². The van der Waals surface area contributed by atoms with Gasteiger partial charge in [-0.2, -0.15) is 13.2 Å². The maximum Gasteiger partial charge on any atom is 0.420 e. The van der Waals surface area contributed by atoms with Crippen LogP contribution in [0.5, 0.6) is 5.75 Å². The van der Waals surface area contributed by atoms with Gasteiger partial charge in [-0.15, -0.1) is 12.4 Å². The van der Waals surface area contributed by atoms with Gasteiger partial charge in [-0.25, -0.2) is 9.97 Å². The maximum absolute atomic E-state index is 13.6. The first-order valence-corrected chi connectivity index (χ1v) is 8.86. The fourth-order valence-electron chi connectivity index (χ4n) is 2.85. The Kier molecular flexibility index (Phi) is 6.42. The number of hydrogen-bond acceptors (Lipinski definition) is 4. The van der Waals surface area contributed by atoms with Crippen LogP contribution in [0, 0.1) is 0 Å². The number of fused-ring (bicyclic) bond motifs is 1. The van der Waals surface area contributed by atoms with Crippen molar-refractivity contribution in [1.82, 2.24) is 9.97 Å². The topological polar surface area (TPSA) is 47.0 Å². The van der Waals surface area contributed by atoms with Crippen molar-refractivity contribution in [3.05, 3.63) is 90.1 Å². The van der Waals surface area contributed by atoms with E-state index in [1.54, 1.807) is 30.5 Å². The van der Waals surface area contributed by atoms with E-state index in [1.807, 2.05) is 30.3 Å². The molecular formula is C22H17ClF3N3O. The van der Waals surface area contributed by atoms with Gasteiger partial charge in [0.15, 0.2) is 0 Å². The Balaban J connectivity index is 0.00000256. The minimum atomic E-state index is -4.56. The van der Waals surface area contributed by atoms with Crippen molar-refractivity contribution in [3.63, 3.8) is 0 Å². The van der Waals surface area contributed by atoms with Gasteiger partial charge in [-0.1, -0.05) is 48.5 Å². The normalized spacial score (nSPS) is 11.0. The molecule has 0 spiro atoms. The molecule has 0 aliphatic rings. The molecule has 4 rings (SSSR count). The van der Waals surface area contributed by atoms with Gasteiger partial charge in [0, 0.05) is 17.3 Å². The Hall–Kier alpha value is -3.32. The van der Waals surface area contributed by atoms with Crippen LogP contribution in [0.4, 0.5) is 24.8 Å². The molecule has 0 radical (unpaired) electrons. The third kappa shape index (κ3) is 4.99. The largest absolute Gasteiger partial charge is 0.488 e. The predicted octanol–water partition coefficient (Wildman–Crippen LogP) is 6.39. The third-order valence-electron chi connectivity index (χ3n) is 4.27. The lowest BCUT2D eigenvalue weighted by molar-refractivity contribution is -0.139. The quantitative estimate of drug-likeness (QED) is 0.397. The number of ether oxygens (including phenoxy) is 1. The molecule has 1 heterocycles. The summed E-state index contributed by atoms with van der Waals surface area (Å²) in [6.07, 6.45) is -2.94. The summed E-state index contributed by atoms with van der Waals surface area (Å²) in [4.78, 5) is 8.48. The molecule has 1 N–H and O–H groups in total. The number of aromatic nitrogens is 2. The molecule has 0 atom stereocenters. The van der Waals surface area contributed by atoms with Gasteiger partial charge in [-0.05, 0) is 29.8 Å². The Morgan fingerprint density at radius 1 is 0.900 bits per heavy atom. The maximum atomic E-state index is 13.6. The van der Waals surface area contributed by atoms with Gasteiger partial charge in [-0.3, -0.25) is 0 Å². The second kappa shape index (κ2) is 9.00. The molecule has 0 saturated heterocycles. The SMILES string of the molecule is Cl.FC(F)(F)c1cc(Nc2ncc3ccccc3n2)ccc1OCc1ccccc1. The van der Waals surface area contributed by atoms with Crippen molar-refractivity contribution in [1.29, 1.82) is 0 Å². The fourth-order valence-corrected chi connectivity index (χ4v) is 2.85. The molecule has 4 nitrogen and oxygen atoms in total. The number of alkyl halides is 3. The molecule has 0 aliphatic heterocycles. The molecule has 0 aliphatic carbocycles. The number of rotatable bonds is 5. The summed E-state index contributed by atoms with van der Waals surface area (Å²) in [5.41, 5.74) is 0.843. The molecule has 0 unspecified atom stereocenters. The molecule has 0 saturated carbocycles. The molecule has 4 aromatic rings. The summed E-state index contributed by atoms with van der Waals surface area (Å²) in [6, 6.07) is 20.2. The first-order chi connectivity index (χ1) is 14.0. The molecule has 154 valence electrons. The van der Waals surface area contributed by atoms with Crippen LogP contribution < -0.4 is 10.1 Å². The summed E-state index contributed by atoms with van der Waals surface area (Å²) in [5, 5.41) is 3.68. The highest BCUT2D eigenvalue weighted by Crippen LogP contribution is 2.38. The summed E-state index contributed by atoms with van der Waals surface area (Å²) < 4.78 is 46.1. The number of hydrogen-bond donors (Lipinski definition) is 1. The van der Waals surface area contributed by atoms with Crippen LogP contribution in [-0.4, -0.2) is 9.97 Å². The molecule has 3 aromatic carbocycles. The van der Waals surface area contributed by atoms with E-state index in [9.17, 15) is 13.2 Å². The van der Waals surface area contributed by atoms with Gasteiger partial charge < -0.3 is 10.1 Å². The third-order valence-corrected chi connectivity index (χ3v) is 4.27. The van der Waals surface area contributed by atoms with E-state index in [0.717, 1.165) is 17.0 Å². The van der Waals surface area contributed by atoms with Crippen LogP contribution in [0.15, 0.2) is 79.0 Å². The van der Waals surface area contributed by atoms with Crippen LogP contribution in [0.1, 0.15) is 11.1 Å². The average Bonchev–Trinajstić information content (AvgIpc) is 2.73. The molecule has 1 aromatic heterocycles. The van der Waals surface area contributed by atoms with Crippen molar-refractivity contribution >= 4 is 34.9 Å². The summed E-state index contributed by atoms with van der Waals surface area (Å²) in [6.45, 7) is 0.0461. The van der Waals surface area contributed by atoms with Gasteiger partial charge in [0.2, 0.25) is 5.95 Å². The number of para-hydroxylation sites is 1. The van der Waals surface area contributed by atoms with Crippen molar-refractivity contribution in [2.75, 3.05) is 5.32 Å². The number of nitrogens with one attached hydrogen (secondary N) is 1. The Morgan fingerprint density at radius 3 is 2.40 bits per heavy atom. The van der Waals surface area contributed by atoms with Crippen LogP contribution in [-0.2, 0) is 12.8 Å². The number of benzene rings is 3. The van der Waals surface area contributed by atoms with E-state index in [1.165, 1.54) is 12.1 Å². The van der Waals surface area contributed by atoms with Gasteiger partial charge in [0.25, 0.3) is 0 Å². The van der Waals surface area contributed by atoms with Crippen molar-refractivity contribution < 1.29 is 17.9 Å².